The van der Waals surface area contributed by atoms with Gasteiger partial charge in [0, 0.05) is 23.2 Å². The maximum atomic E-state index is 10.5. The summed E-state index contributed by atoms with van der Waals surface area (Å²) in [6, 6.07) is 10.1. The number of piperidine rings is 1. The number of hydrogen-bond donors (Lipinski definition) is 2. The zero-order valence-electron chi connectivity index (χ0n) is 10.3. The van der Waals surface area contributed by atoms with Crippen molar-refractivity contribution in [2.75, 3.05) is 6.54 Å². The second-order valence-corrected chi connectivity index (χ2v) is 4.92. The van der Waals surface area contributed by atoms with E-state index in [1.165, 1.54) is 12.8 Å². The van der Waals surface area contributed by atoms with E-state index >= 15 is 0 Å². The van der Waals surface area contributed by atoms with Gasteiger partial charge in [-0.15, -0.1) is 0 Å². The van der Waals surface area contributed by atoms with Crippen LogP contribution in [0.5, 0.6) is 0 Å². The van der Waals surface area contributed by atoms with E-state index in [1.54, 1.807) is 6.20 Å². The summed E-state index contributed by atoms with van der Waals surface area (Å²) in [7, 11) is 0. The van der Waals surface area contributed by atoms with Crippen molar-refractivity contribution < 1.29 is 5.11 Å². The molecule has 3 heteroatoms. The Hall–Kier alpha value is -1.45. The summed E-state index contributed by atoms with van der Waals surface area (Å²) in [6.07, 6.45) is 4.74. The van der Waals surface area contributed by atoms with Crippen LogP contribution in [0, 0.1) is 0 Å². The fraction of sp³-hybridized carbons (Fsp3) is 0.400. The van der Waals surface area contributed by atoms with Crippen LogP contribution >= 0.6 is 0 Å². The van der Waals surface area contributed by atoms with Crippen molar-refractivity contribution in [3.8, 4) is 0 Å². The number of aliphatic hydroxyl groups excluding tert-OH is 1. The van der Waals surface area contributed by atoms with E-state index in [-0.39, 0.29) is 6.04 Å². The summed E-state index contributed by atoms with van der Waals surface area (Å²) in [5, 5.41) is 15.0. The second-order valence-electron chi connectivity index (χ2n) is 4.92. The number of fused-ring (bicyclic) bond motifs is 1. The molecule has 0 saturated carbocycles. The summed E-state index contributed by atoms with van der Waals surface area (Å²) in [4.78, 5) is 4.41. The van der Waals surface area contributed by atoms with Crippen molar-refractivity contribution in [2.45, 2.75) is 31.4 Å². The average molecular weight is 242 g/mol. The fourth-order valence-electron chi connectivity index (χ4n) is 2.73. The molecule has 1 aliphatic heterocycles. The predicted molar refractivity (Wildman–Crippen MR) is 72.3 cm³/mol. The lowest BCUT2D eigenvalue weighted by atomic mass is 9.93. The molecule has 0 unspecified atom stereocenters. The third-order valence-corrected chi connectivity index (χ3v) is 3.71. The molecule has 2 heterocycles. The standard InChI is InChI=1S/C15H18N2O/c18-15(13-8-1-2-9-16-13)12-7-3-5-11-6-4-10-17-14(11)12/h3-7,10,13,15-16,18H,1-2,8-9H2/t13-,15+/m0/s1. The Kier molecular flexibility index (Phi) is 3.26. The SMILES string of the molecule is O[C@H](c1cccc2cccnc12)[C@@H]1CCCCN1. The van der Waals surface area contributed by atoms with Crippen molar-refractivity contribution in [3.05, 3.63) is 42.1 Å². The Labute approximate surface area is 107 Å². The van der Waals surface area contributed by atoms with Crippen molar-refractivity contribution in [2.24, 2.45) is 0 Å². The van der Waals surface area contributed by atoms with Gasteiger partial charge in [-0.25, -0.2) is 0 Å². The average Bonchev–Trinajstić information content (AvgIpc) is 2.47. The van der Waals surface area contributed by atoms with Crippen LogP contribution in [0.2, 0.25) is 0 Å². The zero-order chi connectivity index (χ0) is 12.4. The summed E-state index contributed by atoms with van der Waals surface area (Å²) in [5.74, 6) is 0. The minimum absolute atomic E-state index is 0.159. The Bertz CT molecular complexity index is 530. The highest BCUT2D eigenvalue weighted by atomic mass is 16.3. The van der Waals surface area contributed by atoms with Crippen LogP contribution < -0.4 is 5.32 Å². The maximum absolute atomic E-state index is 10.5. The number of para-hydroxylation sites is 1. The van der Waals surface area contributed by atoms with Crippen LogP contribution in [0.25, 0.3) is 10.9 Å². The molecular formula is C15H18N2O. The molecule has 94 valence electrons. The van der Waals surface area contributed by atoms with Gasteiger partial charge in [0.1, 0.15) is 0 Å². The van der Waals surface area contributed by atoms with E-state index < -0.39 is 6.10 Å². The van der Waals surface area contributed by atoms with Gasteiger partial charge in [0.25, 0.3) is 0 Å². The number of benzene rings is 1. The van der Waals surface area contributed by atoms with Gasteiger partial charge in [0.05, 0.1) is 11.6 Å². The lowest BCUT2D eigenvalue weighted by Crippen LogP contribution is -2.38. The summed E-state index contributed by atoms with van der Waals surface area (Å²) in [6.45, 7) is 1.000. The smallest absolute Gasteiger partial charge is 0.0963 e. The maximum Gasteiger partial charge on any atom is 0.0963 e. The van der Waals surface area contributed by atoms with Crippen LogP contribution in [0.4, 0.5) is 0 Å². The molecule has 0 amide bonds. The topological polar surface area (TPSA) is 45.2 Å². The lowest BCUT2D eigenvalue weighted by Gasteiger charge is -2.28. The third kappa shape index (κ3) is 2.11. The molecule has 2 atom stereocenters. The highest BCUT2D eigenvalue weighted by Crippen LogP contribution is 2.27. The molecule has 0 aliphatic carbocycles. The van der Waals surface area contributed by atoms with E-state index in [4.69, 9.17) is 0 Å². The van der Waals surface area contributed by atoms with E-state index in [0.29, 0.717) is 0 Å². The van der Waals surface area contributed by atoms with Crippen LogP contribution in [-0.2, 0) is 0 Å². The van der Waals surface area contributed by atoms with Gasteiger partial charge in [-0.2, -0.15) is 0 Å². The van der Waals surface area contributed by atoms with Crippen molar-refractivity contribution >= 4 is 10.9 Å². The lowest BCUT2D eigenvalue weighted by molar-refractivity contribution is 0.115. The number of aromatic nitrogens is 1. The first-order chi connectivity index (χ1) is 8.86. The first-order valence-corrected chi connectivity index (χ1v) is 6.61. The first kappa shape index (κ1) is 11.6. The van der Waals surface area contributed by atoms with E-state index in [0.717, 1.165) is 29.4 Å². The monoisotopic (exact) mass is 242 g/mol. The Morgan fingerprint density at radius 1 is 1.22 bits per heavy atom. The summed E-state index contributed by atoms with van der Waals surface area (Å²) < 4.78 is 0. The van der Waals surface area contributed by atoms with Gasteiger partial charge in [-0.3, -0.25) is 4.98 Å². The van der Waals surface area contributed by atoms with Gasteiger partial charge in [0.15, 0.2) is 0 Å². The molecule has 1 aromatic heterocycles. The molecule has 1 fully saturated rings. The first-order valence-electron chi connectivity index (χ1n) is 6.61. The van der Waals surface area contributed by atoms with E-state index in [2.05, 4.69) is 10.3 Å². The van der Waals surface area contributed by atoms with E-state index in [9.17, 15) is 5.11 Å². The number of rotatable bonds is 2. The van der Waals surface area contributed by atoms with Crippen LogP contribution in [0.3, 0.4) is 0 Å². The third-order valence-electron chi connectivity index (χ3n) is 3.71. The van der Waals surface area contributed by atoms with Crippen molar-refractivity contribution in [3.63, 3.8) is 0 Å². The second kappa shape index (κ2) is 5.04. The zero-order valence-corrected chi connectivity index (χ0v) is 10.3. The predicted octanol–water partition coefficient (Wildman–Crippen LogP) is 2.41. The molecule has 3 rings (SSSR count). The Balaban J connectivity index is 1.97. The van der Waals surface area contributed by atoms with Gasteiger partial charge < -0.3 is 10.4 Å². The Morgan fingerprint density at radius 2 is 2.11 bits per heavy atom. The minimum atomic E-state index is -0.469. The quantitative estimate of drug-likeness (QED) is 0.850. The molecule has 0 bridgehead atoms. The minimum Gasteiger partial charge on any atom is -0.387 e. The largest absolute Gasteiger partial charge is 0.387 e. The fourth-order valence-corrected chi connectivity index (χ4v) is 2.73. The Morgan fingerprint density at radius 3 is 2.94 bits per heavy atom. The van der Waals surface area contributed by atoms with Crippen molar-refractivity contribution in [1.29, 1.82) is 0 Å². The number of pyridine rings is 1. The molecule has 2 aromatic rings. The highest BCUT2D eigenvalue weighted by Gasteiger charge is 2.24. The molecule has 1 aromatic carbocycles. The molecule has 3 nitrogen and oxygen atoms in total. The van der Waals surface area contributed by atoms with Crippen molar-refractivity contribution in [1.82, 2.24) is 10.3 Å². The number of nitrogens with one attached hydrogen (secondary N) is 1. The van der Waals surface area contributed by atoms with Gasteiger partial charge in [-0.05, 0) is 25.5 Å². The normalized spacial score (nSPS) is 21.9. The molecule has 0 spiro atoms. The van der Waals surface area contributed by atoms with Gasteiger partial charge >= 0.3 is 0 Å². The molecule has 0 radical (unpaired) electrons. The summed E-state index contributed by atoms with van der Waals surface area (Å²) in [5.41, 5.74) is 1.85. The number of aliphatic hydroxyl groups is 1. The highest BCUT2D eigenvalue weighted by molar-refractivity contribution is 5.81. The summed E-state index contributed by atoms with van der Waals surface area (Å²) >= 11 is 0. The van der Waals surface area contributed by atoms with Crippen LogP contribution in [0.1, 0.15) is 30.9 Å². The number of hydrogen-bond acceptors (Lipinski definition) is 3. The molecular weight excluding hydrogens is 224 g/mol. The number of nitrogens with zero attached hydrogens (tertiary/aromatic N) is 1. The van der Waals surface area contributed by atoms with E-state index in [1.807, 2.05) is 30.3 Å². The van der Waals surface area contributed by atoms with Crippen LogP contribution in [0.15, 0.2) is 36.5 Å². The molecule has 1 saturated heterocycles. The molecule has 18 heavy (non-hydrogen) atoms. The molecule has 2 N–H and O–H groups in total. The van der Waals surface area contributed by atoms with Crippen LogP contribution in [-0.4, -0.2) is 22.7 Å². The molecule has 1 aliphatic rings. The van der Waals surface area contributed by atoms with Gasteiger partial charge in [0.2, 0.25) is 0 Å². The van der Waals surface area contributed by atoms with Gasteiger partial charge in [-0.1, -0.05) is 30.7 Å².